The van der Waals surface area contributed by atoms with Crippen LogP contribution in [0.15, 0.2) is 35.7 Å². The number of methoxy groups -OCH3 is 1. The van der Waals surface area contributed by atoms with Gasteiger partial charge in [0.05, 0.1) is 18.0 Å². The SMILES string of the molecule is CCC(CO)Nc1nc(COC)nc2scc(-c3ccccc3)c12. The van der Waals surface area contributed by atoms with Gasteiger partial charge in [0.2, 0.25) is 0 Å². The number of aliphatic hydroxyl groups excluding tert-OH is 1. The summed E-state index contributed by atoms with van der Waals surface area (Å²) in [6.07, 6.45) is 0.812. The Morgan fingerprint density at radius 3 is 2.71 bits per heavy atom. The quantitative estimate of drug-likeness (QED) is 0.685. The molecule has 0 aliphatic heterocycles. The van der Waals surface area contributed by atoms with E-state index in [1.807, 2.05) is 25.1 Å². The molecule has 1 atom stereocenters. The summed E-state index contributed by atoms with van der Waals surface area (Å²) in [5.41, 5.74) is 2.24. The van der Waals surface area contributed by atoms with Gasteiger partial charge in [-0.25, -0.2) is 9.97 Å². The number of aliphatic hydroxyl groups is 1. The molecule has 0 bridgehead atoms. The number of benzene rings is 1. The summed E-state index contributed by atoms with van der Waals surface area (Å²) < 4.78 is 5.18. The molecule has 24 heavy (non-hydrogen) atoms. The van der Waals surface area contributed by atoms with E-state index in [0.29, 0.717) is 12.4 Å². The van der Waals surface area contributed by atoms with Crippen LogP contribution in [0.4, 0.5) is 5.82 Å². The summed E-state index contributed by atoms with van der Waals surface area (Å²) >= 11 is 1.60. The molecule has 0 fully saturated rings. The summed E-state index contributed by atoms with van der Waals surface area (Å²) in [5.74, 6) is 1.40. The molecule has 0 saturated carbocycles. The molecule has 3 rings (SSSR count). The zero-order valence-corrected chi connectivity index (χ0v) is 14.6. The molecule has 2 N–H and O–H groups in total. The highest BCUT2D eigenvalue weighted by Gasteiger charge is 2.17. The van der Waals surface area contributed by atoms with Crippen molar-refractivity contribution in [1.29, 1.82) is 0 Å². The normalized spacial score (nSPS) is 12.5. The van der Waals surface area contributed by atoms with Crippen molar-refractivity contribution in [1.82, 2.24) is 9.97 Å². The third-order valence-electron chi connectivity index (χ3n) is 3.89. The number of aromatic nitrogens is 2. The minimum atomic E-state index is -0.0398. The molecular weight excluding hydrogens is 322 g/mol. The highest BCUT2D eigenvalue weighted by molar-refractivity contribution is 7.17. The van der Waals surface area contributed by atoms with Gasteiger partial charge in [-0.15, -0.1) is 11.3 Å². The van der Waals surface area contributed by atoms with Crippen LogP contribution in [-0.4, -0.2) is 34.8 Å². The Hall–Kier alpha value is -2.02. The maximum Gasteiger partial charge on any atom is 0.158 e. The van der Waals surface area contributed by atoms with Crippen molar-refractivity contribution in [3.63, 3.8) is 0 Å². The van der Waals surface area contributed by atoms with Crippen molar-refractivity contribution in [3.8, 4) is 11.1 Å². The number of fused-ring (bicyclic) bond motifs is 1. The van der Waals surface area contributed by atoms with Gasteiger partial charge < -0.3 is 15.2 Å². The Kier molecular flexibility index (Phi) is 5.40. The molecule has 0 aliphatic rings. The molecule has 1 aromatic carbocycles. The van der Waals surface area contributed by atoms with E-state index >= 15 is 0 Å². The third kappa shape index (κ3) is 3.40. The van der Waals surface area contributed by atoms with Crippen molar-refractivity contribution in [2.45, 2.75) is 26.0 Å². The second kappa shape index (κ2) is 7.70. The number of hydrogen-bond acceptors (Lipinski definition) is 6. The number of ether oxygens (including phenoxy) is 1. The van der Waals surface area contributed by atoms with E-state index in [4.69, 9.17) is 4.74 Å². The largest absolute Gasteiger partial charge is 0.394 e. The zero-order chi connectivity index (χ0) is 16.9. The Balaban J connectivity index is 2.15. The van der Waals surface area contributed by atoms with E-state index in [0.717, 1.165) is 33.6 Å². The number of rotatable bonds is 7. The van der Waals surface area contributed by atoms with Crippen LogP contribution in [0, 0.1) is 0 Å². The maximum atomic E-state index is 9.54. The number of nitrogens with one attached hydrogen (secondary N) is 1. The third-order valence-corrected chi connectivity index (χ3v) is 4.76. The smallest absolute Gasteiger partial charge is 0.158 e. The minimum Gasteiger partial charge on any atom is -0.394 e. The van der Waals surface area contributed by atoms with Crippen molar-refractivity contribution >= 4 is 27.4 Å². The molecule has 0 aliphatic carbocycles. The van der Waals surface area contributed by atoms with Gasteiger partial charge in [-0.3, -0.25) is 0 Å². The fraction of sp³-hybridized carbons (Fsp3) is 0.333. The molecule has 2 aromatic heterocycles. The van der Waals surface area contributed by atoms with Crippen LogP contribution >= 0.6 is 11.3 Å². The van der Waals surface area contributed by atoms with Crippen molar-refractivity contribution in [2.24, 2.45) is 0 Å². The van der Waals surface area contributed by atoms with Crippen LogP contribution in [0.2, 0.25) is 0 Å². The van der Waals surface area contributed by atoms with Crippen molar-refractivity contribution in [3.05, 3.63) is 41.5 Å². The van der Waals surface area contributed by atoms with Crippen LogP contribution in [0.1, 0.15) is 19.2 Å². The van der Waals surface area contributed by atoms with E-state index in [1.54, 1.807) is 18.4 Å². The molecule has 0 amide bonds. The summed E-state index contributed by atoms with van der Waals surface area (Å²) in [7, 11) is 1.63. The second-order valence-electron chi connectivity index (χ2n) is 5.55. The number of nitrogens with zero attached hydrogens (tertiary/aromatic N) is 2. The Morgan fingerprint density at radius 1 is 1.25 bits per heavy atom. The first-order valence-electron chi connectivity index (χ1n) is 7.96. The van der Waals surface area contributed by atoms with Gasteiger partial charge in [0, 0.05) is 18.1 Å². The van der Waals surface area contributed by atoms with Gasteiger partial charge in [-0.05, 0) is 12.0 Å². The highest BCUT2D eigenvalue weighted by atomic mass is 32.1. The standard InChI is InChI=1S/C18H21N3O2S/c1-3-13(9-22)19-17-16-14(12-7-5-4-6-8-12)11-24-18(16)21-15(20-17)10-23-2/h4-8,11,13,22H,3,9-10H2,1-2H3,(H,19,20,21). The first-order chi connectivity index (χ1) is 11.8. The van der Waals surface area contributed by atoms with Gasteiger partial charge in [0.1, 0.15) is 17.3 Å². The number of thiophene rings is 1. The van der Waals surface area contributed by atoms with Gasteiger partial charge in [0.25, 0.3) is 0 Å². The molecular formula is C18H21N3O2S. The lowest BCUT2D eigenvalue weighted by Crippen LogP contribution is -2.23. The Morgan fingerprint density at radius 2 is 2.04 bits per heavy atom. The van der Waals surface area contributed by atoms with E-state index in [2.05, 4.69) is 32.8 Å². The first-order valence-corrected chi connectivity index (χ1v) is 8.84. The fourth-order valence-corrected chi connectivity index (χ4v) is 3.55. The van der Waals surface area contributed by atoms with Gasteiger partial charge in [-0.1, -0.05) is 37.3 Å². The summed E-state index contributed by atoms with van der Waals surface area (Å²) in [5, 5.41) is 16.0. The molecule has 0 spiro atoms. The highest BCUT2D eigenvalue weighted by Crippen LogP contribution is 2.37. The Bertz CT molecular complexity index is 801. The average Bonchev–Trinajstić information content (AvgIpc) is 3.04. The molecule has 2 heterocycles. The number of hydrogen-bond donors (Lipinski definition) is 2. The monoisotopic (exact) mass is 343 g/mol. The lowest BCUT2D eigenvalue weighted by atomic mass is 10.1. The van der Waals surface area contributed by atoms with Crippen LogP contribution < -0.4 is 5.32 Å². The van der Waals surface area contributed by atoms with Gasteiger partial charge in [-0.2, -0.15) is 0 Å². The van der Waals surface area contributed by atoms with Crippen LogP contribution in [0.5, 0.6) is 0 Å². The van der Waals surface area contributed by atoms with E-state index in [1.165, 1.54) is 0 Å². The fourth-order valence-electron chi connectivity index (χ4n) is 2.58. The minimum absolute atomic E-state index is 0.0398. The van der Waals surface area contributed by atoms with Crippen LogP contribution in [0.3, 0.4) is 0 Å². The summed E-state index contributed by atoms with van der Waals surface area (Å²) in [6, 6.07) is 10.2. The Labute approximate surface area is 145 Å². The maximum absolute atomic E-state index is 9.54. The van der Waals surface area contributed by atoms with E-state index in [-0.39, 0.29) is 12.6 Å². The number of anilines is 1. The molecule has 0 radical (unpaired) electrons. The summed E-state index contributed by atoms with van der Waals surface area (Å²) in [4.78, 5) is 10.2. The first kappa shape index (κ1) is 16.8. The predicted molar refractivity (Wildman–Crippen MR) is 98.4 cm³/mol. The van der Waals surface area contributed by atoms with Gasteiger partial charge >= 0.3 is 0 Å². The van der Waals surface area contributed by atoms with E-state index in [9.17, 15) is 5.11 Å². The molecule has 126 valence electrons. The molecule has 1 unspecified atom stereocenters. The lowest BCUT2D eigenvalue weighted by molar-refractivity contribution is 0.178. The van der Waals surface area contributed by atoms with Crippen LogP contribution in [0.25, 0.3) is 21.3 Å². The predicted octanol–water partition coefficient (Wildman–Crippen LogP) is 3.69. The van der Waals surface area contributed by atoms with E-state index < -0.39 is 0 Å². The van der Waals surface area contributed by atoms with Crippen molar-refractivity contribution in [2.75, 3.05) is 19.0 Å². The topological polar surface area (TPSA) is 67.3 Å². The molecule has 3 aromatic rings. The van der Waals surface area contributed by atoms with Crippen LogP contribution in [-0.2, 0) is 11.3 Å². The average molecular weight is 343 g/mol. The molecule has 6 heteroatoms. The molecule has 5 nitrogen and oxygen atoms in total. The molecule has 0 saturated heterocycles. The zero-order valence-electron chi connectivity index (χ0n) is 13.8. The second-order valence-corrected chi connectivity index (χ2v) is 6.41. The van der Waals surface area contributed by atoms with Gasteiger partial charge in [0.15, 0.2) is 5.82 Å². The summed E-state index contributed by atoms with van der Waals surface area (Å²) in [6.45, 7) is 2.46. The van der Waals surface area contributed by atoms with Crippen molar-refractivity contribution < 1.29 is 9.84 Å². The lowest BCUT2D eigenvalue weighted by Gasteiger charge is -2.17.